The highest BCUT2D eigenvalue weighted by atomic mass is 16.5. The predicted molar refractivity (Wildman–Crippen MR) is 174 cm³/mol. The Balaban J connectivity index is 1.32. The largest absolute Gasteiger partial charge is 0.493 e. The highest BCUT2D eigenvalue weighted by molar-refractivity contribution is 5.81. The van der Waals surface area contributed by atoms with Gasteiger partial charge in [0.25, 0.3) is 5.91 Å². The van der Waals surface area contributed by atoms with Crippen LogP contribution < -0.4 is 25.0 Å². The number of nitrogens with zero attached hydrogens (tertiary/aromatic N) is 4. The number of ether oxygens (including phenoxy) is 4. The van der Waals surface area contributed by atoms with Crippen molar-refractivity contribution in [1.82, 2.24) is 25.5 Å². The molecule has 1 unspecified atom stereocenters. The van der Waals surface area contributed by atoms with Crippen LogP contribution in [0.5, 0.6) is 11.5 Å². The third-order valence-electron chi connectivity index (χ3n) is 8.86. The van der Waals surface area contributed by atoms with Gasteiger partial charge in [0.2, 0.25) is 11.9 Å². The van der Waals surface area contributed by atoms with Crippen LogP contribution in [-0.4, -0.2) is 105 Å². The molecule has 2 fully saturated rings. The van der Waals surface area contributed by atoms with Gasteiger partial charge in [-0.25, -0.2) is 9.97 Å². The summed E-state index contributed by atoms with van der Waals surface area (Å²) in [5.41, 5.74) is 0.846. The fourth-order valence-corrected chi connectivity index (χ4v) is 6.18. The molecule has 2 N–H and O–H groups in total. The number of hydrogen-bond donors (Lipinski definition) is 2. The van der Waals surface area contributed by atoms with Gasteiger partial charge < -0.3 is 34.5 Å². The molecule has 256 valence electrons. The topological polar surface area (TPSA) is 144 Å². The van der Waals surface area contributed by atoms with Crippen LogP contribution in [0.1, 0.15) is 50.2 Å². The minimum atomic E-state index is -0.930. The first-order valence-electron chi connectivity index (χ1n) is 16.7. The number of amides is 2. The summed E-state index contributed by atoms with van der Waals surface area (Å²) in [7, 11) is 1.54. The number of aromatic nitrogens is 2. The van der Waals surface area contributed by atoms with Crippen molar-refractivity contribution in [2.45, 2.75) is 52.0 Å². The van der Waals surface area contributed by atoms with Gasteiger partial charge in [-0.05, 0) is 56.3 Å². The summed E-state index contributed by atoms with van der Waals surface area (Å²) < 4.78 is 22.5. The summed E-state index contributed by atoms with van der Waals surface area (Å²) in [4.78, 5) is 53.0. The van der Waals surface area contributed by atoms with Gasteiger partial charge in [0, 0.05) is 63.6 Å². The molecule has 1 aromatic carbocycles. The fraction of sp³-hybridized carbons (Fsp3) is 0.618. The van der Waals surface area contributed by atoms with Crippen LogP contribution in [0, 0.1) is 11.3 Å². The molecule has 5 rings (SSSR count). The van der Waals surface area contributed by atoms with Crippen LogP contribution in [-0.2, 0) is 36.8 Å². The Morgan fingerprint density at radius 1 is 1.06 bits per heavy atom. The lowest BCUT2D eigenvalue weighted by Crippen LogP contribution is -2.46. The molecule has 2 aliphatic heterocycles. The van der Waals surface area contributed by atoms with E-state index in [4.69, 9.17) is 18.9 Å². The molecular weight excluding hydrogens is 604 g/mol. The second kappa shape index (κ2) is 16.7. The first-order chi connectivity index (χ1) is 22.9. The van der Waals surface area contributed by atoms with Crippen molar-refractivity contribution in [2.24, 2.45) is 11.3 Å². The predicted octanol–water partition coefficient (Wildman–Crippen LogP) is 2.12. The molecular formula is C34H48N6O7. The van der Waals surface area contributed by atoms with Crippen LogP contribution >= 0.6 is 0 Å². The van der Waals surface area contributed by atoms with E-state index in [1.807, 2.05) is 24.5 Å². The van der Waals surface area contributed by atoms with Crippen LogP contribution in [0.25, 0.3) is 0 Å². The van der Waals surface area contributed by atoms with Crippen molar-refractivity contribution in [2.75, 3.05) is 77.7 Å². The lowest BCUT2D eigenvalue weighted by molar-refractivity contribution is -0.156. The van der Waals surface area contributed by atoms with Gasteiger partial charge >= 0.3 is 5.97 Å². The summed E-state index contributed by atoms with van der Waals surface area (Å²) >= 11 is 0. The highest BCUT2D eigenvalue weighted by Gasteiger charge is 2.44. The number of benzene rings is 1. The summed E-state index contributed by atoms with van der Waals surface area (Å²) in [6.07, 6.45) is 7.66. The van der Waals surface area contributed by atoms with Crippen molar-refractivity contribution in [3.63, 3.8) is 0 Å². The molecule has 2 amide bonds. The zero-order chi connectivity index (χ0) is 33.1. The van der Waals surface area contributed by atoms with Gasteiger partial charge in [0.05, 0.1) is 32.3 Å². The van der Waals surface area contributed by atoms with Gasteiger partial charge in [0.15, 0.2) is 18.1 Å². The van der Waals surface area contributed by atoms with E-state index in [2.05, 4.69) is 30.4 Å². The Morgan fingerprint density at radius 3 is 2.57 bits per heavy atom. The van der Waals surface area contributed by atoms with Gasteiger partial charge in [0.1, 0.15) is 0 Å². The van der Waals surface area contributed by atoms with E-state index in [1.54, 1.807) is 20.1 Å². The molecule has 0 spiro atoms. The molecule has 13 nitrogen and oxygen atoms in total. The second-order valence-electron chi connectivity index (χ2n) is 12.6. The maximum Gasteiger partial charge on any atom is 0.314 e. The lowest BCUT2D eigenvalue weighted by Gasteiger charge is -2.32. The van der Waals surface area contributed by atoms with Gasteiger partial charge in [-0.3, -0.25) is 19.3 Å². The number of carbonyl (C=O) groups excluding carboxylic acids is 3. The molecule has 0 radical (unpaired) electrons. The van der Waals surface area contributed by atoms with Crippen molar-refractivity contribution in [3.8, 4) is 11.5 Å². The maximum atomic E-state index is 13.6. The highest BCUT2D eigenvalue weighted by Crippen LogP contribution is 2.43. The molecule has 3 heterocycles. The zero-order valence-corrected chi connectivity index (χ0v) is 27.6. The Bertz CT molecular complexity index is 1350. The van der Waals surface area contributed by atoms with E-state index >= 15 is 0 Å². The molecule has 13 heteroatoms. The summed E-state index contributed by atoms with van der Waals surface area (Å²) in [6.45, 7) is 7.04. The van der Waals surface area contributed by atoms with Crippen LogP contribution in [0.15, 0.2) is 30.6 Å². The van der Waals surface area contributed by atoms with E-state index in [0.717, 1.165) is 37.1 Å². The van der Waals surface area contributed by atoms with Crippen LogP contribution in [0.2, 0.25) is 0 Å². The molecule has 1 saturated carbocycles. The SMILES string of the molecule is CCOC(=O)C1(CC2CC2)CNC(=O)CCCN(Cc2cnc(N3CCOCC3)nc2)CCNC(=O)COc2cc(ccc2OC)C1. The minimum Gasteiger partial charge on any atom is -0.493 e. The Kier molecular flexibility index (Phi) is 12.2. The van der Waals surface area contributed by atoms with Gasteiger partial charge in [-0.15, -0.1) is 0 Å². The zero-order valence-electron chi connectivity index (χ0n) is 27.6. The van der Waals surface area contributed by atoms with Crippen molar-refractivity contribution in [1.29, 1.82) is 0 Å². The number of anilines is 1. The molecule has 1 saturated heterocycles. The van der Waals surface area contributed by atoms with E-state index in [0.29, 0.717) is 88.4 Å². The molecule has 47 heavy (non-hydrogen) atoms. The first kappa shape index (κ1) is 34.4. The van der Waals surface area contributed by atoms with E-state index in [9.17, 15) is 14.4 Å². The minimum absolute atomic E-state index is 0.110. The molecule has 1 atom stereocenters. The Hall–Kier alpha value is -3.97. The number of esters is 1. The number of nitrogens with one attached hydrogen (secondary N) is 2. The van der Waals surface area contributed by atoms with Crippen molar-refractivity contribution < 1.29 is 33.3 Å². The third kappa shape index (κ3) is 10.0. The average Bonchev–Trinajstić information content (AvgIpc) is 3.90. The number of hydrogen-bond acceptors (Lipinski definition) is 11. The molecule has 2 bridgehead atoms. The number of fused-ring (bicyclic) bond motifs is 2. The van der Waals surface area contributed by atoms with Crippen LogP contribution in [0.4, 0.5) is 5.95 Å². The number of morpholine rings is 1. The number of methoxy groups -OCH3 is 1. The molecule has 3 aliphatic rings. The lowest BCUT2D eigenvalue weighted by atomic mass is 9.76. The summed E-state index contributed by atoms with van der Waals surface area (Å²) in [5, 5.41) is 6.03. The summed E-state index contributed by atoms with van der Waals surface area (Å²) in [6, 6.07) is 5.48. The normalized spacial score (nSPS) is 22.2. The first-order valence-corrected chi connectivity index (χ1v) is 16.7. The number of carbonyl (C=O) groups is 3. The molecule has 1 aliphatic carbocycles. The summed E-state index contributed by atoms with van der Waals surface area (Å²) in [5.74, 6) is 1.31. The van der Waals surface area contributed by atoms with Crippen LogP contribution in [0.3, 0.4) is 0 Å². The van der Waals surface area contributed by atoms with E-state index in [-0.39, 0.29) is 37.5 Å². The molecule has 2 aromatic rings. The maximum absolute atomic E-state index is 13.6. The monoisotopic (exact) mass is 652 g/mol. The van der Waals surface area contributed by atoms with Crippen molar-refractivity contribution in [3.05, 3.63) is 41.7 Å². The smallest absolute Gasteiger partial charge is 0.314 e. The van der Waals surface area contributed by atoms with Crippen molar-refractivity contribution >= 4 is 23.7 Å². The molecule has 1 aromatic heterocycles. The Labute approximate surface area is 276 Å². The average molecular weight is 653 g/mol. The van der Waals surface area contributed by atoms with Gasteiger partial charge in [-0.1, -0.05) is 18.9 Å². The van der Waals surface area contributed by atoms with Gasteiger partial charge in [-0.2, -0.15) is 0 Å². The number of rotatable bonds is 8. The Morgan fingerprint density at radius 2 is 1.85 bits per heavy atom. The van der Waals surface area contributed by atoms with E-state index < -0.39 is 5.41 Å². The second-order valence-corrected chi connectivity index (χ2v) is 12.6. The third-order valence-corrected chi connectivity index (χ3v) is 8.86. The standard InChI is InChI=1S/C34H48N6O7/c1-3-46-32(43)34(18-25-6-7-25)19-26-8-9-28(44-2)29(17-26)47-23-31(42)35-10-12-39(11-4-5-30(41)38-24-34)22-27-20-36-33(37-21-27)40-13-15-45-16-14-40/h8-9,17,20-21,25H,3-7,10-16,18-19,22-24H2,1-2H3,(H,35,42)(H,38,41). The quantitative estimate of drug-likeness (QED) is 0.405. The van der Waals surface area contributed by atoms with E-state index in [1.165, 1.54) is 0 Å². The fourth-order valence-electron chi connectivity index (χ4n) is 6.18.